The highest BCUT2D eigenvalue weighted by molar-refractivity contribution is 5.92. The Morgan fingerprint density at radius 3 is 2.47 bits per heavy atom. The number of benzene rings is 2. The molecule has 1 aliphatic rings. The molecule has 1 aromatic heterocycles. The third kappa shape index (κ3) is 6.48. The minimum Gasteiger partial charge on any atom is -0.368 e. The topological polar surface area (TPSA) is 104 Å². The van der Waals surface area contributed by atoms with Gasteiger partial charge in [0.2, 0.25) is 11.8 Å². The number of fused-ring (bicyclic) bond motifs is 2. The van der Waals surface area contributed by atoms with Crippen molar-refractivity contribution in [3.8, 4) is 0 Å². The standard InChI is InChI=1S/C30H40N6O2/c1-5-36(30(38)23-15-14-21-10-6-7-11-22(21)18-23)17-16-35(4)19-26-32-25-13-9-8-12-24(25)29(33-26)34-27(20(2)3)28(31)37/h6-13,20,23,27H,5,14-19H2,1-4H3,(H2,31,37)(H,32,33,34)/t23?,27-/m0/s1. The van der Waals surface area contributed by atoms with Crippen LogP contribution in [0, 0.1) is 11.8 Å². The zero-order chi connectivity index (χ0) is 27.2. The maximum Gasteiger partial charge on any atom is 0.240 e. The predicted molar refractivity (Wildman–Crippen MR) is 152 cm³/mol. The quantitative estimate of drug-likeness (QED) is 0.403. The fourth-order valence-corrected chi connectivity index (χ4v) is 5.22. The lowest BCUT2D eigenvalue weighted by Crippen LogP contribution is -2.42. The highest BCUT2D eigenvalue weighted by atomic mass is 16.2. The molecule has 0 aliphatic heterocycles. The number of carbonyl (C=O) groups excluding carboxylic acids is 2. The van der Waals surface area contributed by atoms with Gasteiger partial charge in [0.1, 0.15) is 17.7 Å². The van der Waals surface area contributed by atoms with Gasteiger partial charge in [-0.1, -0.05) is 50.2 Å². The van der Waals surface area contributed by atoms with E-state index in [1.807, 2.05) is 57.0 Å². The zero-order valence-corrected chi connectivity index (χ0v) is 23.0. The average Bonchev–Trinajstić information content (AvgIpc) is 2.91. The van der Waals surface area contributed by atoms with Gasteiger partial charge in [-0.25, -0.2) is 9.97 Å². The monoisotopic (exact) mass is 516 g/mol. The van der Waals surface area contributed by atoms with Crippen molar-refractivity contribution in [3.63, 3.8) is 0 Å². The summed E-state index contributed by atoms with van der Waals surface area (Å²) in [5.41, 5.74) is 9.13. The fraction of sp³-hybridized carbons (Fsp3) is 0.467. The van der Waals surface area contributed by atoms with Crippen LogP contribution in [0.3, 0.4) is 0 Å². The molecule has 2 atom stereocenters. The van der Waals surface area contributed by atoms with E-state index in [9.17, 15) is 9.59 Å². The van der Waals surface area contributed by atoms with Crippen LogP contribution in [-0.4, -0.2) is 64.3 Å². The highest BCUT2D eigenvalue weighted by Crippen LogP contribution is 2.27. The summed E-state index contributed by atoms with van der Waals surface area (Å²) in [5.74, 6) is 1.16. The largest absolute Gasteiger partial charge is 0.368 e. The summed E-state index contributed by atoms with van der Waals surface area (Å²) in [6, 6.07) is 15.7. The van der Waals surface area contributed by atoms with Crippen LogP contribution < -0.4 is 11.1 Å². The van der Waals surface area contributed by atoms with Crippen molar-refractivity contribution >= 4 is 28.5 Å². The Balaban J connectivity index is 1.41. The highest BCUT2D eigenvalue weighted by Gasteiger charge is 2.28. The summed E-state index contributed by atoms with van der Waals surface area (Å²) in [6.45, 7) is 8.52. The average molecular weight is 517 g/mol. The number of aromatic nitrogens is 2. The number of aryl methyl sites for hydroxylation is 1. The molecule has 0 bridgehead atoms. The van der Waals surface area contributed by atoms with Crippen molar-refractivity contribution in [3.05, 3.63) is 65.5 Å². The zero-order valence-electron chi connectivity index (χ0n) is 23.0. The molecule has 4 rings (SSSR count). The molecular weight excluding hydrogens is 476 g/mol. The number of likely N-dealkylation sites (N-methyl/N-ethyl adjacent to an activating group) is 2. The van der Waals surface area contributed by atoms with Crippen molar-refractivity contribution in [1.82, 2.24) is 19.8 Å². The van der Waals surface area contributed by atoms with E-state index in [1.165, 1.54) is 11.1 Å². The van der Waals surface area contributed by atoms with E-state index in [-0.39, 0.29) is 17.7 Å². The second kappa shape index (κ2) is 12.3. The SMILES string of the molecule is CCN(CCN(C)Cc1nc(N[C@H](C(N)=O)C(C)C)c2ccccc2n1)C(=O)C1CCc2ccccc2C1. The molecule has 1 heterocycles. The Hall–Kier alpha value is -3.52. The first kappa shape index (κ1) is 27.5. The summed E-state index contributed by atoms with van der Waals surface area (Å²) < 4.78 is 0. The van der Waals surface area contributed by atoms with Crippen LogP contribution in [0.1, 0.15) is 44.1 Å². The molecule has 3 aromatic rings. The van der Waals surface area contributed by atoms with Gasteiger partial charge in [0.05, 0.1) is 12.1 Å². The molecule has 0 saturated heterocycles. The molecule has 2 amide bonds. The first-order valence-corrected chi connectivity index (χ1v) is 13.6. The van der Waals surface area contributed by atoms with Gasteiger partial charge in [0.15, 0.2) is 0 Å². The molecule has 38 heavy (non-hydrogen) atoms. The van der Waals surface area contributed by atoms with Crippen LogP contribution >= 0.6 is 0 Å². The van der Waals surface area contributed by atoms with E-state index in [4.69, 9.17) is 15.7 Å². The number of hydrogen-bond donors (Lipinski definition) is 2. The number of nitrogens with zero attached hydrogens (tertiary/aromatic N) is 4. The van der Waals surface area contributed by atoms with Crippen molar-refractivity contribution < 1.29 is 9.59 Å². The Bertz CT molecular complexity index is 1280. The maximum atomic E-state index is 13.4. The summed E-state index contributed by atoms with van der Waals surface area (Å²) in [7, 11) is 2.02. The smallest absolute Gasteiger partial charge is 0.240 e. The molecular formula is C30H40N6O2. The van der Waals surface area contributed by atoms with Crippen LogP contribution in [-0.2, 0) is 29.0 Å². The number of nitrogens with two attached hydrogens (primary N) is 1. The summed E-state index contributed by atoms with van der Waals surface area (Å²) >= 11 is 0. The molecule has 8 nitrogen and oxygen atoms in total. The number of rotatable bonds is 11. The van der Waals surface area contributed by atoms with E-state index >= 15 is 0 Å². The van der Waals surface area contributed by atoms with Gasteiger partial charge in [-0.15, -0.1) is 0 Å². The molecule has 0 radical (unpaired) electrons. The Kier molecular flexibility index (Phi) is 8.94. The van der Waals surface area contributed by atoms with Gasteiger partial charge in [-0.3, -0.25) is 14.5 Å². The van der Waals surface area contributed by atoms with E-state index in [2.05, 4.69) is 34.5 Å². The number of nitrogens with one attached hydrogen (secondary N) is 1. The lowest BCUT2D eigenvalue weighted by molar-refractivity contribution is -0.136. The number of anilines is 1. The maximum absolute atomic E-state index is 13.4. The first-order chi connectivity index (χ1) is 18.3. The Labute approximate surface area is 225 Å². The number of amides is 2. The van der Waals surface area contributed by atoms with Gasteiger partial charge < -0.3 is 16.0 Å². The fourth-order valence-electron chi connectivity index (χ4n) is 5.22. The summed E-state index contributed by atoms with van der Waals surface area (Å²) in [4.78, 5) is 39.0. The van der Waals surface area contributed by atoms with Crippen LogP contribution in [0.25, 0.3) is 10.9 Å². The normalized spacial score (nSPS) is 15.9. The molecule has 0 saturated carbocycles. The van der Waals surface area contributed by atoms with Gasteiger partial charge in [0, 0.05) is 30.9 Å². The minimum absolute atomic E-state index is 0.0163. The van der Waals surface area contributed by atoms with Gasteiger partial charge in [-0.05, 0) is 62.4 Å². The van der Waals surface area contributed by atoms with E-state index in [0.717, 1.165) is 30.2 Å². The molecule has 2 aromatic carbocycles. The van der Waals surface area contributed by atoms with Crippen molar-refractivity contribution in [2.24, 2.45) is 17.6 Å². The van der Waals surface area contributed by atoms with E-state index in [0.29, 0.717) is 37.8 Å². The summed E-state index contributed by atoms with van der Waals surface area (Å²) in [5, 5.41) is 4.10. The molecule has 0 fully saturated rings. The lowest BCUT2D eigenvalue weighted by atomic mass is 9.83. The first-order valence-electron chi connectivity index (χ1n) is 13.6. The van der Waals surface area contributed by atoms with E-state index < -0.39 is 11.9 Å². The molecule has 1 unspecified atom stereocenters. The number of para-hydroxylation sites is 1. The minimum atomic E-state index is -0.533. The molecule has 1 aliphatic carbocycles. The predicted octanol–water partition coefficient (Wildman–Crippen LogP) is 3.64. The van der Waals surface area contributed by atoms with Gasteiger partial charge in [-0.2, -0.15) is 0 Å². The second-order valence-electron chi connectivity index (χ2n) is 10.6. The van der Waals surface area contributed by atoms with Crippen molar-refractivity contribution in [2.45, 2.75) is 52.6 Å². The molecule has 0 spiro atoms. The second-order valence-corrected chi connectivity index (χ2v) is 10.6. The van der Waals surface area contributed by atoms with Gasteiger partial charge in [0.25, 0.3) is 0 Å². The third-order valence-electron chi connectivity index (χ3n) is 7.47. The number of hydrogen-bond acceptors (Lipinski definition) is 6. The van der Waals surface area contributed by atoms with Crippen LogP contribution in [0.4, 0.5) is 5.82 Å². The molecule has 3 N–H and O–H groups in total. The molecule has 8 heteroatoms. The van der Waals surface area contributed by atoms with Crippen molar-refractivity contribution in [2.75, 3.05) is 32.0 Å². The Morgan fingerprint density at radius 1 is 1.05 bits per heavy atom. The number of primary amides is 1. The van der Waals surface area contributed by atoms with E-state index in [1.54, 1.807) is 0 Å². The van der Waals surface area contributed by atoms with Crippen LogP contribution in [0.2, 0.25) is 0 Å². The van der Waals surface area contributed by atoms with Crippen LogP contribution in [0.5, 0.6) is 0 Å². The van der Waals surface area contributed by atoms with Gasteiger partial charge >= 0.3 is 0 Å². The number of carbonyl (C=O) groups is 2. The Morgan fingerprint density at radius 2 is 1.76 bits per heavy atom. The third-order valence-corrected chi connectivity index (χ3v) is 7.47. The lowest BCUT2D eigenvalue weighted by Gasteiger charge is -2.30. The summed E-state index contributed by atoms with van der Waals surface area (Å²) in [6.07, 6.45) is 2.70. The molecule has 202 valence electrons. The van der Waals surface area contributed by atoms with Crippen molar-refractivity contribution in [1.29, 1.82) is 0 Å². The van der Waals surface area contributed by atoms with Crippen LogP contribution in [0.15, 0.2) is 48.5 Å².